The number of benzene rings is 1. The van der Waals surface area contributed by atoms with E-state index in [2.05, 4.69) is 10.1 Å². The monoisotopic (exact) mass is 382 g/mol. The standard InChI is InChI=1S/C18H20Cl2N2O3/c1-13(22-10-4-5-11-22)25-21-17(16-9-6-12-23-16)14-7-2-3-8-15(14)24-18(19)20/h2-3,6-9,12-13,18H,4-5,10-11H2,1H3/b21-17-. The smallest absolute Gasteiger partial charge is 0.247 e. The minimum atomic E-state index is -0.983. The van der Waals surface area contributed by atoms with E-state index in [9.17, 15) is 0 Å². The molecule has 1 aliphatic heterocycles. The Morgan fingerprint density at radius 3 is 2.60 bits per heavy atom. The number of para-hydroxylation sites is 1. The molecule has 1 aromatic carbocycles. The van der Waals surface area contributed by atoms with Crippen molar-refractivity contribution in [2.75, 3.05) is 13.1 Å². The maximum atomic E-state index is 5.77. The van der Waals surface area contributed by atoms with Crippen LogP contribution >= 0.6 is 23.2 Å². The molecule has 2 aromatic rings. The van der Waals surface area contributed by atoms with Gasteiger partial charge in [-0.3, -0.25) is 4.90 Å². The molecule has 7 heteroatoms. The van der Waals surface area contributed by atoms with Gasteiger partial charge in [-0.1, -0.05) is 40.5 Å². The molecule has 0 radical (unpaired) electrons. The first-order chi connectivity index (χ1) is 12.1. The lowest BCUT2D eigenvalue weighted by atomic mass is 10.1. The van der Waals surface area contributed by atoms with E-state index in [1.165, 1.54) is 12.8 Å². The highest BCUT2D eigenvalue weighted by Gasteiger charge is 2.21. The Bertz CT molecular complexity index is 698. The maximum absolute atomic E-state index is 5.77. The number of nitrogens with zero attached hydrogens (tertiary/aromatic N) is 2. The topological polar surface area (TPSA) is 47.2 Å². The number of alkyl halides is 2. The van der Waals surface area contributed by atoms with E-state index in [-0.39, 0.29) is 6.23 Å². The number of likely N-dealkylation sites (tertiary alicyclic amines) is 1. The molecule has 3 rings (SSSR count). The summed E-state index contributed by atoms with van der Waals surface area (Å²) in [5.41, 5.74) is 1.22. The van der Waals surface area contributed by atoms with Gasteiger partial charge in [-0.2, -0.15) is 0 Å². The molecule has 1 aliphatic rings. The van der Waals surface area contributed by atoms with Crippen LogP contribution in [0.1, 0.15) is 31.1 Å². The zero-order chi connectivity index (χ0) is 17.6. The molecule has 25 heavy (non-hydrogen) atoms. The summed E-state index contributed by atoms with van der Waals surface area (Å²) in [6, 6.07) is 11.0. The van der Waals surface area contributed by atoms with Gasteiger partial charge in [0.05, 0.1) is 6.26 Å². The van der Waals surface area contributed by atoms with Gasteiger partial charge in [-0.15, -0.1) is 0 Å². The van der Waals surface area contributed by atoms with Crippen molar-refractivity contribution in [1.29, 1.82) is 0 Å². The second kappa shape index (κ2) is 8.61. The van der Waals surface area contributed by atoms with Crippen LogP contribution in [0.15, 0.2) is 52.2 Å². The van der Waals surface area contributed by atoms with Crippen LogP contribution in [0.4, 0.5) is 0 Å². The summed E-state index contributed by atoms with van der Waals surface area (Å²) in [5.74, 6) is 1.08. The van der Waals surface area contributed by atoms with Gasteiger partial charge in [0.25, 0.3) is 0 Å². The largest absolute Gasteiger partial charge is 0.463 e. The molecule has 1 unspecified atom stereocenters. The molecule has 0 N–H and O–H groups in total. The Hall–Kier alpha value is -1.69. The normalized spacial score (nSPS) is 17.0. The summed E-state index contributed by atoms with van der Waals surface area (Å²) >= 11 is 11.5. The fourth-order valence-corrected chi connectivity index (χ4v) is 2.99. The van der Waals surface area contributed by atoms with Crippen LogP contribution in [0.2, 0.25) is 0 Å². The van der Waals surface area contributed by atoms with Crippen molar-refractivity contribution >= 4 is 28.9 Å². The predicted molar refractivity (Wildman–Crippen MR) is 98.3 cm³/mol. The Morgan fingerprint density at radius 2 is 1.92 bits per heavy atom. The van der Waals surface area contributed by atoms with Gasteiger partial charge < -0.3 is 14.0 Å². The van der Waals surface area contributed by atoms with Gasteiger partial charge in [-0.05, 0) is 44.0 Å². The first-order valence-corrected chi connectivity index (χ1v) is 9.08. The molecule has 0 saturated carbocycles. The van der Waals surface area contributed by atoms with Crippen molar-refractivity contribution in [3.05, 3.63) is 54.0 Å². The summed E-state index contributed by atoms with van der Waals surface area (Å²) in [4.78, 5) is 8.01. The summed E-state index contributed by atoms with van der Waals surface area (Å²) in [5, 5.41) is 3.38. The summed E-state index contributed by atoms with van der Waals surface area (Å²) in [7, 11) is 0. The van der Waals surface area contributed by atoms with Crippen molar-refractivity contribution in [3.63, 3.8) is 0 Å². The molecule has 0 aliphatic carbocycles. The van der Waals surface area contributed by atoms with Crippen molar-refractivity contribution in [1.82, 2.24) is 4.90 Å². The van der Waals surface area contributed by atoms with Crippen molar-refractivity contribution in [2.24, 2.45) is 5.16 Å². The molecule has 1 atom stereocenters. The molecular weight excluding hydrogens is 363 g/mol. The minimum Gasteiger partial charge on any atom is -0.463 e. The second-order valence-corrected chi connectivity index (χ2v) is 6.76. The number of oxime groups is 1. The SMILES string of the molecule is CC(O/N=C(\c1ccco1)c1ccccc1OC(Cl)Cl)N1CCCC1. The van der Waals surface area contributed by atoms with Gasteiger partial charge in [0, 0.05) is 18.7 Å². The van der Waals surface area contributed by atoms with E-state index in [1.54, 1.807) is 18.4 Å². The highest BCUT2D eigenvalue weighted by atomic mass is 35.5. The number of hydrogen-bond acceptors (Lipinski definition) is 5. The second-order valence-electron chi connectivity index (χ2n) is 5.74. The maximum Gasteiger partial charge on any atom is 0.247 e. The van der Waals surface area contributed by atoms with Crippen LogP contribution in [0.5, 0.6) is 5.75 Å². The first kappa shape index (κ1) is 18.1. The highest BCUT2D eigenvalue weighted by molar-refractivity contribution is 6.43. The Morgan fingerprint density at radius 1 is 1.16 bits per heavy atom. The molecule has 2 heterocycles. The Labute approximate surface area is 157 Å². The van der Waals surface area contributed by atoms with E-state index in [0.29, 0.717) is 22.8 Å². The summed E-state index contributed by atoms with van der Waals surface area (Å²) in [6.07, 6.45) is 3.84. The van der Waals surface area contributed by atoms with E-state index in [1.807, 2.05) is 31.2 Å². The third-order valence-corrected chi connectivity index (χ3v) is 4.24. The number of furan rings is 1. The lowest BCUT2D eigenvalue weighted by molar-refractivity contribution is -0.0337. The van der Waals surface area contributed by atoms with Gasteiger partial charge in [0.15, 0.2) is 17.7 Å². The van der Waals surface area contributed by atoms with Crippen LogP contribution < -0.4 is 4.74 Å². The number of halogens is 2. The summed E-state index contributed by atoms with van der Waals surface area (Å²) < 4.78 is 11.0. The fraction of sp³-hybridized carbons (Fsp3) is 0.389. The zero-order valence-corrected chi connectivity index (χ0v) is 15.4. The third-order valence-electron chi connectivity index (χ3n) is 4.06. The highest BCUT2D eigenvalue weighted by Crippen LogP contribution is 2.25. The molecule has 0 amide bonds. The Balaban J connectivity index is 1.89. The van der Waals surface area contributed by atoms with Crippen LogP contribution in [-0.4, -0.2) is 35.0 Å². The van der Waals surface area contributed by atoms with Gasteiger partial charge in [-0.25, -0.2) is 0 Å². The number of ether oxygens (including phenoxy) is 1. The van der Waals surface area contributed by atoms with Crippen molar-refractivity contribution in [2.45, 2.75) is 31.0 Å². The van der Waals surface area contributed by atoms with Crippen LogP contribution in [0, 0.1) is 0 Å². The quantitative estimate of drug-likeness (QED) is 0.397. The van der Waals surface area contributed by atoms with E-state index in [4.69, 9.17) is 37.2 Å². The minimum absolute atomic E-state index is 0.116. The number of rotatable bonds is 7. The van der Waals surface area contributed by atoms with E-state index in [0.717, 1.165) is 13.1 Å². The molecule has 0 spiro atoms. The molecule has 5 nitrogen and oxygen atoms in total. The lowest BCUT2D eigenvalue weighted by Crippen LogP contribution is -2.31. The zero-order valence-electron chi connectivity index (χ0n) is 13.9. The predicted octanol–water partition coefficient (Wildman–Crippen LogP) is 4.63. The molecule has 0 bridgehead atoms. The lowest BCUT2D eigenvalue weighted by Gasteiger charge is -2.21. The first-order valence-electron chi connectivity index (χ1n) is 8.21. The van der Waals surface area contributed by atoms with Gasteiger partial charge >= 0.3 is 0 Å². The number of hydrogen-bond donors (Lipinski definition) is 0. The fourth-order valence-electron chi connectivity index (χ4n) is 2.80. The van der Waals surface area contributed by atoms with E-state index < -0.39 is 5.02 Å². The average Bonchev–Trinajstić information content (AvgIpc) is 3.29. The van der Waals surface area contributed by atoms with Crippen LogP contribution in [0.25, 0.3) is 0 Å². The molecule has 134 valence electrons. The molecule has 1 fully saturated rings. The third kappa shape index (κ3) is 4.69. The van der Waals surface area contributed by atoms with Crippen molar-refractivity contribution in [3.8, 4) is 5.75 Å². The molecular formula is C18H20Cl2N2O3. The van der Waals surface area contributed by atoms with Crippen LogP contribution in [0.3, 0.4) is 0 Å². The molecule has 1 aromatic heterocycles. The molecule has 1 saturated heterocycles. The van der Waals surface area contributed by atoms with Crippen LogP contribution in [-0.2, 0) is 4.84 Å². The average molecular weight is 383 g/mol. The van der Waals surface area contributed by atoms with Crippen molar-refractivity contribution < 1.29 is 14.0 Å². The van der Waals surface area contributed by atoms with E-state index >= 15 is 0 Å². The van der Waals surface area contributed by atoms with Gasteiger partial charge in [0.1, 0.15) is 5.75 Å². The Kier molecular flexibility index (Phi) is 6.24. The van der Waals surface area contributed by atoms with Gasteiger partial charge in [0.2, 0.25) is 5.02 Å². The summed E-state index contributed by atoms with van der Waals surface area (Å²) in [6.45, 7) is 4.03.